The number of unbranched alkanes of at least 4 members (excludes halogenated alkanes) is 3. The third-order valence-electron chi connectivity index (χ3n) is 4.78. The monoisotopic (exact) mass is 332 g/mol. The topological polar surface area (TPSA) is 35.5 Å². The molecule has 2 rings (SSSR count). The fraction of sp³-hybridized carbons (Fsp3) is 0.667. The first-order chi connectivity index (χ1) is 11.7. The van der Waals surface area contributed by atoms with Crippen LogP contribution in [0.1, 0.15) is 75.6 Å². The molecule has 1 heterocycles. The Hall–Kier alpha value is -1.19. The smallest absolute Gasteiger partial charge is 0.163 e. The summed E-state index contributed by atoms with van der Waals surface area (Å²) in [6, 6.07) is 9.60. The third kappa shape index (κ3) is 6.03. The molecule has 0 N–H and O–H groups in total. The predicted molar refractivity (Wildman–Crippen MR) is 97.2 cm³/mol. The molecule has 0 radical (unpaired) electrons. The number of rotatable bonds is 11. The van der Waals surface area contributed by atoms with Crippen molar-refractivity contribution < 1.29 is 14.3 Å². The lowest BCUT2D eigenvalue weighted by molar-refractivity contribution is -0.136. The van der Waals surface area contributed by atoms with Crippen molar-refractivity contribution in [2.75, 3.05) is 6.61 Å². The molecule has 1 aromatic rings. The van der Waals surface area contributed by atoms with Crippen LogP contribution in [0.5, 0.6) is 0 Å². The Bertz CT molecular complexity index is 471. The molecule has 3 nitrogen and oxygen atoms in total. The summed E-state index contributed by atoms with van der Waals surface area (Å²) in [4.78, 5) is 12.5. The van der Waals surface area contributed by atoms with E-state index in [-0.39, 0.29) is 24.1 Å². The lowest BCUT2D eigenvalue weighted by Crippen LogP contribution is -2.19. The molecule has 3 heteroatoms. The molecule has 0 aromatic heterocycles. The highest BCUT2D eigenvalue weighted by Crippen LogP contribution is 2.34. The molecular weight excluding hydrogens is 300 g/mol. The summed E-state index contributed by atoms with van der Waals surface area (Å²) in [5, 5.41) is 0. The average Bonchev–Trinajstić information content (AvgIpc) is 2.98. The van der Waals surface area contributed by atoms with Crippen LogP contribution in [-0.2, 0) is 9.47 Å². The van der Waals surface area contributed by atoms with Gasteiger partial charge in [-0.05, 0) is 18.8 Å². The standard InChI is InChI=1S/C21H32O3/c1-3-5-8-13-20-18(16-21(24-20)23-14-6-4-2)15-19(22)17-11-9-7-10-12-17/h7,9-12,18,20-21H,3-6,8,13-16H2,1-2H3/t18-,20+,21?/m1/s1. The van der Waals surface area contributed by atoms with Crippen LogP contribution < -0.4 is 0 Å². The van der Waals surface area contributed by atoms with E-state index in [4.69, 9.17) is 9.47 Å². The van der Waals surface area contributed by atoms with Crippen LogP contribution in [0.2, 0.25) is 0 Å². The average molecular weight is 332 g/mol. The van der Waals surface area contributed by atoms with Crippen molar-refractivity contribution in [1.29, 1.82) is 0 Å². The van der Waals surface area contributed by atoms with Gasteiger partial charge >= 0.3 is 0 Å². The van der Waals surface area contributed by atoms with Crippen molar-refractivity contribution >= 4 is 5.78 Å². The van der Waals surface area contributed by atoms with Crippen LogP contribution in [0.25, 0.3) is 0 Å². The van der Waals surface area contributed by atoms with Crippen molar-refractivity contribution in [3.05, 3.63) is 35.9 Å². The van der Waals surface area contributed by atoms with Crippen molar-refractivity contribution in [2.45, 2.75) is 77.6 Å². The van der Waals surface area contributed by atoms with E-state index in [9.17, 15) is 4.79 Å². The first-order valence-electron chi connectivity index (χ1n) is 9.59. The number of ether oxygens (including phenoxy) is 2. The van der Waals surface area contributed by atoms with Gasteiger partial charge in [0, 0.05) is 25.0 Å². The predicted octanol–water partition coefficient (Wildman–Crippen LogP) is 5.39. The maximum absolute atomic E-state index is 12.5. The summed E-state index contributed by atoms with van der Waals surface area (Å²) in [6.07, 6.45) is 8.27. The van der Waals surface area contributed by atoms with Gasteiger partial charge in [0.1, 0.15) is 0 Å². The van der Waals surface area contributed by atoms with E-state index in [0.29, 0.717) is 6.42 Å². The molecule has 0 bridgehead atoms. The van der Waals surface area contributed by atoms with Gasteiger partial charge in [-0.2, -0.15) is 0 Å². The molecule has 0 spiro atoms. The second kappa shape index (κ2) is 10.6. The fourth-order valence-corrected chi connectivity index (χ4v) is 3.32. The maximum atomic E-state index is 12.5. The summed E-state index contributed by atoms with van der Waals surface area (Å²) in [7, 11) is 0. The number of hydrogen-bond acceptors (Lipinski definition) is 3. The fourth-order valence-electron chi connectivity index (χ4n) is 3.32. The van der Waals surface area contributed by atoms with Gasteiger partial charge in [0.15, 0.2) is 12.1 Å². The van der Waals surface area contributed by atoms with E-state index in [1.54, 1.807) is 0 Å². The molecule has 1 aromatic carbocycles. The Kier molecular flexibility index (Phi) is 8.48. The van der Waals surface area contributed by atoms with Crippen LogP contribution in [0.4, 0.5) is 0 Å². The second-order valence-electron chi connectivity index (χ2n) is 6.81. The molecule has 1 fully saturated rings. The molecule has 1 aliphatic rings. The van der Waals surface area contributed by atoms with Crippen molar-refractivity contribution in [1.82, 2.24) is 0 Å². The molecule has 0 aliphatic carbocycles. The highest BCUT2D eigenvalue weighted by atomic mass is 16.7. The van der Waals surface area contributed by atoms with E-state index < -0.39 is 0 Å². The van der Waals surface area contributed by atoms with E-state index in [2.05, 4.69) is 13.8 Å². The first-order valence-corrected chi connectivity index (χ1v) is 9.59. The van der Waals surface area contributed by atoms with Crippen molar-refractivity contribution in [2.24, 2.45) is 5.92 Å². The summed E-state index contributed by atoms with van der Waals surface area (Å²) < 4.78 is 12.0. The number of benzene rings is 1. The van der Waals surface area contributed by atoms with E-state index in [1.807, 2.05) is 30.3 Å². The van der Waals surface area contributed by atoms with Gasteiger partial charge in [0.2, 0.25) is 0 Å². The molecule has 0 amide bonds. The van der Waals surface area contributed by atoms with Crippen LogP contribution in [0.3, 0.4) is 0 Å². The van der Waals surface area contributed by atoms with Gasteiger partial charge in [-0.25, -0.2) is 0 Å². The summed E-state index contributed by atoms with van der Waals surface area (Å²) in [5.41, 5.74) is 0.806. The Morgan fingerprint density at radius 2 is 1.88 bits per heavy atom. The molecule has 0 saturated carbocycles. The SMILES string of the molecule is CCCCC[C@@H]1OC(OCCCC)C[C@H]1CC(=O)c1ccccc1. The largest absolute Gasteiger partial charge is 0.353 e. The number of carbonyl (C=O) groups is 1. The summed E-state index contributed by atoms with van der Waals surface area (Å²) in [5.74, 6) is 0.500. The zero-order valence-electron chi connectivity index (χ0n) is 15.2. The molecule has 134 valence electrons. The minimum Gasteiger partial charge on any atom is -0.353 e. The molecule has 1 aliphatic heterocycles. The minimum atomic E-state index is -0.128. The number of hydrogen-bond donors (Lipinski definition) is 0. The molecular formula is C21H32O3. The van der Waals surface area contributed by atoms with Crippen LogP contribution >= 0.6 is 0 Å². The number of Topliss-reactive ketones (excluding diaryl/α,β-unsaturated/α-hetero) is 1. The number of carbonyl (C=O) groups excluding carboxylic acids is 1. The van der Waals surface area contributed by atoms with Crippen molar-refractivity contribution in [3.63, 3.8) is 0 Å². The second-order valence-corrected chi connectivity index (χ2v) is 6.81. The Morgan fingerprint density at radius 3 is 2.58 bits per heavy atom. The quantitative estimate of drug-likeness (QED) is 0.403. The highest BCUT2D eigenvalue weighted by Gasteiger charge is 2.36. The van der Waals surface area contributed by atoms with E-state index >= 15 is 0 Å². The van der Waals surface area contributed by atoms with Gasteiger partial charge in [-0.3, -0.25) is 4.79 Å². The Morgan fingerprint density at radius 1 is 1.12 bits per heavy atom. The van der Waals surface area contributed by atoms with Gasteiger partial charge < -0.3 is 9.47 Å². The van der Waals surface area contributed by atoms with E-state index in [1.165, 1.54) is 19.3 Å². The maximum Gasteiger partial charge on any atom is 0.163 e. The first kappa shape index (κ1) is 19.1. The van der Waals surface area contributed by atoms with Crippen molar-refractivity contribution in [3.8, 4) is 0 Å². The lowest BCUT2D eigenvalue weighted by atomic mass is 9.90. The minimum absolute atomic E-state index is 0.128. The third-order valence-corrected chi connectivity index (χ3v) is 4.78. The normalized spacial score (nSPS) is 23.5. The summed E-state index contributed by atoms with van der Waals surface area (Å²) >= 11 is 0. The Labute approximate surface area is 146 Å². The highest BCUT2D eigenvalue weighted by molar-refractivity contribution is 5.96. The van der Waals surface area contributed by atoms with Crippen LogP contribution in [0, 0.1) is 5.92 Å². The summed E-state index contributed by atoms with van der Waals surface area (Å²) in [6.45, 7) is 5.12. The van der Waals surface area contributed by atoms with Gasteiger partial charge in [-0.15, -0.1) is 0 Å². The molecule has 1 saturated heterocycles. The molecule has 3 atom stereocenters. The lowest BCUT2D eigenvalue weighted by Gasteiger charge is -2.17. The Balaban J connectivity index is 1.91. The zero-order chi connectivity index (χ0) is 17.2. The van der Waals surface area contributed by atoms with Gasteiger partial charge in [-0.1, -0.05) is 69.9 Å². The number of ketones is 1. The van der Waals surface area contributed by atoms with Gasteiger partial charge in [0.05, 0.1) is 6.10 Å². The van der Waals surface area contributed by atoms with Crippen LogP contribution in [0.15, 0.2) is 30.3 Å². The molecule has 24 heavy (non-hydrogen) atoms. The zero-order valence-corrected chi connectivity index (χ0v) is 15.2. The van der Waals surface area contributed by atoms with Crippen LogP contribution in [-0.4, -0.2) is 24.8 Å². The van der Waals surface area contributed by atoms with E-state index in [0.717, 1.165) is 37.9 Å². The van der Waals surface area contributed by atoms with Gasteiger partial charge in [0.25, 0.3) is 0 Å². The molecule has 1 unspecified atom stereocenters.